The van der Waals surface area contributed by atoms with Crippen LogP contribution in [0.3, 0.4) is 0 Å². The molecule has 0 saturated carbocycles. The molecule has 3 fully saturated rings. The molecule has 0 aliphatic carbocycles. The number of ether oxygens (including phenoxy) is 1. The van der Waals surface area contributed by atoms with Gasteiger partial charge in [0.25, 0.3) is 0 Å². The minimum atomic E-state index is -0.198. The van der Waals surface area contributed by atoms with Crippen LogP contribution in [0.5, 0.6) is 0 Å². The minimum absolute atomic E-state index is 0.198. The van der Waals surface area contributed by atoms with Gasteiger partial charge in [0.05, 0.1) is 17.9 Å². The Labute approximate surface area is 162 Å². The fourth-order valence-electron chi connectivity index (χ4n) is 4.03. The monoisotopic (exact) mass is 379 g/mol. The van der Waals surface area contributed by atoms with Gasteiger partial charge in [0.2, 0.25) is 0 Å². The highest BCUT2D eigenvalue weighted by Gasteiger charge is 2.38. The van der Waals surface area contributed by atoms with E-state index in [-0.39, 0.29) is 5.82 Å². The zero-order chi connectivity index (χ0) is 19.3. The summed E-state index contributed by atoms with van der Waals surface area (Å²) in [6, 6.07) is 7.19. The van der Waals surface area contributed by atoms with Gasteiger partial charge in [0.15, 0.2) is 5.82 Å². The quantitative estimate of drug-likeness (QED) is 0.750. The van der Waals surface area contributed by atoms with Gasteiger partial charge in [-0.3, -0.25) is 0 Å². The van der Waals surface area contributed by atoms with E-state index in [4.69, 9.17) is 4.74 Å². The Morgan fingerprint density at radius 2 is 1.96 bits per heavy atom. The van der Waals surface area contributed by atoms with Crippen molar-refractivity contribution >= 4 is 22.4 Å². The second-order valence-electron chi connectivity index (χ2n) is 7.62. The molecule has 2 unspecified atom stereocenters. The summed E-state index contributed by atoms with van der Waals surface area (Å²) in [7, 11) is 0. The molecular formula is C21H22FN5O. The molecule has 28 heavy (non-hydrogen) atoms. The molecule has 0 radical (unpaired) electrons. The van der Waals surface area contributed by atoms with E-state index in [9.17, 15) is 4.39 Å². The largest absolute Gasteiger partial charge is 0.371 e. The molecule has 7 heteroatoms. The van der Waals surface area contributed by atoms with Crippen molar-refractivity contribution in [1.29, 1.82) is 0 Å². The number of hydrogen-bond acceptors (Lipinski definition) is 6. The molecule has 0 spiro atoms. The molecule has 6 nitrogen and oxygen atoms in total. The van der Waals surface area contributed by atoms with Crippen LogP contribution < -0.4 is 10.2 Å². The Morgan fingerprint density at radius 1 is 1.18 bits per heavy atom. The minimum Gasteiger partial charge on any atom is -0.371 e. The number of morpholine rings is 1. The van der Waals surface area contributed by atoms with Crippen LogP contribution in [-0.4, -0.2) is 40.5 Å². The summed E-state index contributed by atoms with van der Waals surface area (Å²) in [6.07, 6.45) is 3.66. The van der Waals surface area contributed by atoms with Crippen LogP contribution in [0.1, 0.15) is 23.2 Å². The van der Waals surface area contributed by atoms with Crippen LogP contribution in [0.15, 0.2) is 30.5 Å². The zero-order valence-electron chi connectivity index (χ0n) is 15.9. The number of nitrogens with one attached hydrogen (secondary N) is 1. The van der Waals surface area contributed by atoms with Crippen LogP contribution in [0.2, 0.25) is 0 Å². The number of aromatic nitrogens is 3. The first kappa shape index (κ1) is 17.3. The van der Waals surface area contributed by atoms with Crippen LogP contribution >= 0.6 is 0 Å². The normalized spacial score (nSPS) is 20.9. The van der Waals surface area contributed by atoms with Crippen molar-refractivity contribution in [3.05, 3.63) is 53.1 Å². The van der Waals surface area contributed by atoms with Gasteiger partial charge in [0, 0.05) is 43.0 Å². The number of halogens is 1. The third kappa shape index (κ3) is 2.96. The summed E-state index contributed by atoms with van der Waals surface area (Å²) >= 11 is 0. The second-order valence-corrected chi connectivity index (χ2v) is 7.62. The van der Waals surface area contributed by atoms with Gasteiger partial charge in [0.1, 0.15) is 11.6 Å². The number of piperidine rings is 1. The Kier molecular flexibility index (Phi) is 4.12. The highest BCUT2D eigenvalue weighted by Crippen LogP contribution is 2.33. The van der Waals surface area contributed by atoms with Gasteiger partial charge in [-0.05, 0) is 37.1 Å². The van der Waals surface area contributed by atoms with Crippen LogP contribution in [0, 0.1) is 19.7 Å². The van der Waals surface area contributed by atoms with E-state index < -0.39 is 0 Å². The lowest BCUT2D eigenvalue weighted by Gasteiger charge is -2.47. The van der Waals surface area contributed by atoms with Crippen molar-refractivity contribution in [2.24, 2.45) is 0 Å². The van der Waals surface area contributed by atoms with E-state index in [1.807, 2.05) is 19.2 Å². The van der Waals surface area contributed by atoms with Crippen molar-refractivity contribution in [2.45, 2.75) is 39.0 Å². The van der Waals surface area contributed by atoms with Crippen molar-refractivity contribution in [3.8, 4) is 0 Å². The van der Waals surface area contributed by atoms with Gasteiger partial charge in [-0.25, -0.2) is 9.37 Å². The first-order valence-corrected chi connectivity index (χ1v) is 9.60. The van der Waals surface area contributed by atoms with Crippen LogP contribution in [0.4, 0.5) is 16.0 Å². The summed E-state index contributed by atoms with van der Waals surface area (Å²) < 4.78 is 19.6. The fourth-order valence-corrected chi connectivity index (χ4v) is 4.03. The van der Waals surface area contributed by atoms with Crippen LogP contribution in [-0.2, 0) is 11.3 Å². The van der Waals surface area contributed by atoms with Gasteiger partial charge in [-0.1, -0.05) is 12.1 Å². The average molecular weight is 379 g/mol. The Balaban J connectivity index is 1.46. The van der Waals surface area contributed by atoms with E-state index >= 15 is 0 Å². The fraction of sp³-hybridized carbons (Fsp3) is 0.381. The summed E-state index contributed by atoms with van der Waals surface area (Å²) in [6.45, 7) is 5.95. The van der Waals surface area contributed by atoms with Gasteiger partial charge >= 0.3 is 0 Å². The first-order valence-electron chi connectivity index (χ1n) is 9.60. The lowest BCUT2D eigenvalue weighted by Crippen LogP contribution is -2.57. The SMILES string of the molecule is Cc1c(F)cccc1CNc1nnc(C)c2cnc(N3CC4CC(C3)O4)cc12. The topological polar surface area (TPSA) is 63.2 Å². The number of fused-ring (bicyclic) bond motifs is 3. The lowest BCUT2D eigenvalue weighted by atomic mass is 9.99. The molecule has 2 aromatic heterocycles. The Hall–Kier alpha value is -2.80. The molecule has 1 N–H and O–H groups in total. The van der Waals surface area contributed by atoms with E-state index in [1.165, 1.54) is 6.07 Å². The molecule has 5 heterocycles. The Bertz CT molecular complexity index is 1040. The van der Waals surface area contributed by atoms with Gasteiger partial charge in [-0.15, -0.1) is 5.10 Å². The molecule has 3 aliphatic heterocycles. The van der Waals surface area contributed by atoms with Gasteiger partial charge < -0.3 is 15.0 Å². The summed E-state index contributed by atoms with van der Waals surface area (Å²) in [4.78, 5) is 6.93. The molecule has 3 aromatic rings. The number of benzene rings is 1. The number of pyridine rings is 1. The maximum atomic E-state index is 13.8. The third-order valence-electron chi connectivity index (χ3n) is 5.74. The first-order chi connectivity index (χ1) is 13.6. The van der Waals surface area contributed by atoms with E-state index in [2.05, 4.69) is 31.5 Å². The molecule has 0 amide bonds. The average Bonchev–Trinajstić information content (AvgIpc) is 2.70. The smallest absolute Gasteiger partial charge is 0.157 e. The standard InChI is InChI=1S/C21H22FN5O/c1-12-14(4-3-5-19(12)22)8-24-21-17-7-20(23-9-18(17)13(2)25-26-21)27-10-15-6-16(11-27)28-15/h3-5,7,9,15-16H,6,8,10-11H2,1-2H3,(H,24,26). The van der Waals surface area contributed by atoms with E-state index in [0.717, 1.165) is 47.4 Å². The third-order valence-corrected chi connectivity index (χ3v) is 5.74. The summed E-state index contributed by atoms with van der Waals surface area (Å²) in [5.41, 5.74) is 2.39. The number of hydrogen-bond donors (Lipinski definition) is 1. The van der Waals surface area contributed by atoms with Crippen molar-refractivity contribution in [2.75, 3.05) is 23.3 Å². The number of nitrogens with zero attached hydrogens (tertiary/aromatic N) is 4. The number of aryl methyl sites for hydroxylation is 1. The maximum Gasteiger partial charge on any atom is 0.157 e. The Morgan fingerprint density at radius 3 is 2.75 bits per heavy atom. The lowest BCUT2D eigenvalue weighted by molar-refractivity contribution is -0.133. The molecule has 144 valence electrons. The van der Waals surface area contributed by atoms with Crippen molar-refractivity contribution < 1.29 is 9.13 Å². The predicted molar refractivity (Wildman–Crippen MR) is 106 cm³/mol. The van der Waals surface area contributed by atoms with Crippen molar-refractivity contribution in [1.82, 2.24) is 15.2 Å². The molecule has 3 saturated heterocycles. The zero-order valence-corrected chi connectivity index (χ0v) is 15.9. The van der Waals surface area contributed by atoms with Gasteiger partial charge in [-0.2, -0.15) is 5.10 Å². The highest BCUT2D eigenvalue weighted by atomic mass is 19.1. The molecule has 6 rings (SSSR count). The maximum absolute atomic E-state index is 13.8. The summed E-state index contributed by atoms with van der Waals surface area (Å²) in [5.74, 6) is 1.42. The number of anilines is 2. The second kappa shape index (κ2) is 6.67. The predicted octanol–water partition coefficient (Wildman–Crippen LogP) is 3.37. The molecule has 3 aliphatic rings. The summed E-state index contributed by atoms with van der Waals surface area (Å²) in [5, 5.41) is 13.9. The molecule has 2 atom stereocenters. The number of rotatable bonds is 4. The van der Waals surface area contributed by atoms with E-state index in [0.29, 0.717) is 30.1 Å². The highest BCUT2D eigenvalue weighted by molar-refractivity contribution is 5.94. The molecular weight excluding hydrogens is 357 g/mol. The molecule has 2 bridgehead atoms. The van der Waals surface area contributed by atoms with E-state index in [1.54, 1.807) is 13.0 Å². The molecule has 1 aromatic carbocycles. The van der Waals surface area contributed by atoms with Crippen LogP contribution in [0.25, 0.3) is 10.8 Å². The van der Waals surface area contributed by atoms with Crippen molar-refractivity contribution in [3.63, 3.8) is 0 Å².